The van der Waals surface area contributed by atoms with E-state index in [4.69, 9.17) is 0 Å². The minimum atomic E-state index is -0.403. The van der Waals surface area contributed by atoms with Crippen LogP contribution < -0.4 is 10.6 Å². The highest BCUT2D eigenvalue weighted by Gasteiger charge is 2.16. The summed E-state index contributed by atoms with van der Waals surface area (Å²) < 4.78 is 1.60. The highest BCUT2D eigenvalue weighted by atomic mass is 35.5. The smallest absolute Gasteiger partial charge is 0.279 e. The van der Waals surface area contributed by atoms with E-state index < -0.39 is 5.91 Å². The van der Waals surface area contributed by atoms with Crippen molar-refractivity contribution in [2.45, 2.75) is 6.92 Å². The van der Waals surface area contributed by atoms with Gasteiger partial charge in [0.2, 0.25) is 0 Å². The molecule has 0 unspecified atom stereocenters. The van der Waals surface area contributed by atoms with Crippen molar-refractivity contribution >= 4 is 35.6 Å². The number of amides is 1. The first-order chi connectivity index (χ1) is 11.1. The zero-order valence-corrected chi connectivity index (χ0v) is 13.8. The maximum Gasteiger partial charge on any atom is 0.279 e. The zero-order valence-electron chi connectivity index (χ0n) is 13.0. The largest absolute Gasteiger partial charge is 0.336 e. The van der Waals surface area contributed by atoms with Crippen LogP contribution in [0.1, 0.15) is 16.2 Å². The standard InChI is InChI=1S/C14H14N8O.ClH/c1-9-5-17-13(19-10-6-15-8-16-7-10)12(18-9)14(23)20-11-3-4-22(2)21-11;/h3-8H,1-2H3,(H,17,19)(H,20,21,23);1H. The second-order valence-corrected chi connectivity index (χ2v) is 4.79. The zero-order chi connectivity index (χ0) is 16.2. The third-order valence-corrected chi connectivity index (χ3v) is 2.89. The van der Waals surface area contributed by atoms with Crippen LogP contribution in [0.4, 0.5) is 17.3 Å². The molecule has 0 aliphatic heterocycles. The van der Waals surface area contributed by atoms with Gasteiger partial charge in [0.05, 0.1) is 30.0 Å². The Morgan fingerprint density at radius 1 is 1.21 bits per heavy atom. The maximum absolute atomic E-state index is 12.5. The van der Waals surface area contributed by atoms with Crippen LogP contribution in [0.2, 0.25) is 0 Å². The van der Waals surface area contributed by atoms with Gasteiger partial charge in [0, 0.05) is 19.3 Å². The van der Waals surface area contributed by atoms with Gasteiger partial charge in [-0.1, -0.05) is 0 Å². The molecule has 0 aliphatic carbocycles. The first-order valence-corrected chi connectivity index (χ1v) is 6.78. The molecular formula is C14H15ClN8O. The number of anilines is 3. The molecule has 10 heteroatoms. The van der Waals surface area contributed by atoms with E-state index in [0.29, 0.717) is 23.0 Å². The molecular weight excluding hydrogens is 332 g/mol. The van der Waals surface area contributed by atoms with Crippen LogP contribution in [-0.4, -0.2) is 35.6 Å². The van der Waals surface area contributed by atoms with E-state index in [0.717, 1.165) is 0 Å². The second kappa shape index (κ2) is 7.47. The molecule has 3 aromatic rings. The van der Waals surface area contributed by atoms with E-state index in [9.17, 15) is 4.79 Å². The summed E-state index contributed by atoms with van der Waals surface area (Å²) in [6.07, 6.45) is 7.88. The van der Waals surface area contributed by atoms with Gasteiger partial charge in [-0.3, -0.25) is 9.48 Å². The van der Waals surface area contributed by atoms with E-state index in [1.165, 1.54) is 6.33 Å². The van der Waals surface area contributed by atoms with E-state index in [2.05, 4.69) is 35.7 Å². The van der Waals surface area contributed by atoms with E-state index >= 15 is 0 Å². The topological polar surface area (TPSA) is 111 Å². The van der Waals surface area contributed by atoms with Gasteiger partial charge in [-0.05, 0) is 6.92 Å². The normalized spacial score (nSPS) is 9.92. The Hall–Kier alpha value is -3.07. The molecule has 0 bridgehead atoms. The number of nitrogens with zero attached hydrogens (tertiary/aromatic N) is 6. The highest BCUT2D eigenvalue weighted by Crippen LogP contribution is 2.17. The van der Waals surface area contributed by atoms with Crippen LogP contribution in [0.25, 0.3) is 0 Å². The SMILES string of the molecule is Cc1cnc(Nc2cncnc2)c(C(=O)Nc2ccn(C)n2)n1.Cl. The number of halogens is 1. The number of carbonyl (C=O) groups excluding carboxylic acids is 1. The Morgan fingerprint density at radius 2 is 1.96 bits per heavy atom. The van der Waals surface area contributed by atoms with Crippen molar-refractivity contribution < 1.29 is 4.79 Å². The molecule has 0 saturated carbocycles. The summed E-state index contributed by atoms with van der Waals surface area (Å²) in [6, 6.07) is 1.69. The van der Waals surface area contributed by atoms with Crippen LogP contribution in [0.15, 0.2) is 37.2 Å². The van der Waals surface area contributed by atoms with E-state index in [1.807, 2.05) is 0 Å². The molecule has 24 heavy (non-hydrogen) atoms. The fourth-order valence-electron chi connectivity index (χ4n) is 1.88. The van der Waals surface area contributed by atoms with Gasteiger partial charge in [-0.15, -0.1) is 12.4 Å². The average Bonchev–Trinajstić information content (AvgIpc) is 2.95. The third kappa shape index (κ3) is 4.02. The van der Waals surface area contributed by atoms with Gasteiger partial charge in [-0.25, -0.2) is 19.9 Å². The van der Waals surface area contributed by atoms with Crippen LogP contribution in [0, 0.1) is 6.92 Å². The van der Waals surface area contributed by atoms with Gasteiger partial charge in [-0.2, -0.15) is 5.10 Å². The average molecular weight is 347 g/mol. The molecule has 1 amide bonds. The molecule has 0 aromatic carbocycles. The molecule has 0 radical (unpaired) electrons. The number of aryl methyl sites for hydroxylation is 2. The number of carbonyl (C=O) groups is 1. The fraction of sp³-hybridized carbons (Fsp3) is 0.143. The van der Waals surface area contributed by atoms with Crippen molar-refractivity contribution in [3.05, 3.63) is 48.6 Å². The Morgan fingerprint density at radius 3 is 2.62 bits per heavy atom. The van der Waals surface area contributed by atoms with E-state index in [-0.39, 0.29) is 18.1 Å². The molecule has 3 aromatic heterocycles. The van der Waals surface area contributed by atoms with E-state index in [1.54, 1.807) is 49.5 Å². The lowest BCUT2D eigenvalue weighted by molar-refractivity contribution is 0.102. The Labute approximate surface area is 144 Å². The first kappa shape index (κ1) is 17.3. The van der Waals surface area contributed by atoms with Crippen LogP contribution in [0.5, 0.6) is 0 Å². The summed E-state index contributed by atoms with van der Waals surface area (Å²) in [7, 11) is 1.77. The highest BCUT2D eigenvalue weighted by molar-refractivity contribution is 6.05. The molecule has 9 nitrogen and oxygen atoms in total. The first-order valence-electron chi connectivity index (χ1n) is 6.78. The van der Waals surface area contributed by atoms with Crippen LogP contribution in [-0.2, 0) is 7.05 Å². The Balaban J connectivity index is 0.00000208. The van der Waals surface area contributed by atoms with Crippen molar-refractivity contribution in [2.24, 2.45) is 7.05 Å². The lowest BCUT2D eigenvalue weighted by Gasteiger charge is -2.10. The molecule has 0 fully saturated rings. The van der Waals surface area contributed by atoms with Crippen LogP contribution in [0.3, 0.4) is 0 Å². The van der Waals surface area contributed by atoms with Crippen LogP contribution >= 0.6 is 12.4 Å². The van der Waals surface area contributed by atoms with Gasteiger partial charge >= 0.3 is 0 Å². The summed E-state index contributed by atoms with van der Waals surface area (Å²) in [4.78, 5) is 28.8. The molecule has 0 saturated heterocycles. The van der Waals surface area contributed by atoms with Crippen molar-refractivity contribution in [3.8, 4) is 0 Å². The van der Waals surface area contributed by atoms with Crippen molar-refractivity contribution in [1.29, 1.82) is 0 Å². The summed E-state index contributed by atoms with van der Waals surface area (Å²) in [5, 5.41) is 9.78. The lowest BCUT2D eigenvalue weighted by atomic mass is 10.3. The fourth-order valence-corrected chi connectivity index (χ4v) is 1.88. The molecule has 0 spiro atoms. The quantitative estimate of drug-likeness (QED) is 0.740. The summed E-state index contributed by atoms with van der Waals surface area (Å²) in [5.41, 5.74) is 1.41. The molecule has 0 atom stereocenters. The Kier molecular flexibility index (Phi) is 5.38. The number of hydrogen-bond acceptors (Lipinski definition) is 7. The lowest BCUT2D eigenvalue weighted by Crippen LogP contribution is -2.17. The second-order valence-electron chi connectivity index (χ2n) is 4.79. The molecule has 0 aliphatic rings. The minimum absolute atomic E-state index is 0. The van der Waals surface area contributed by atoms with Crippen molar-refractivity contribution in [3.63, 3.8) is 0 Å². The number of aromatic nitrogens is 6. The molecule has 3 heterocycles. The van der Waals surface area contributed by atoms with Gasteiger partial charge in [0.25, 0.3) is 5.91 Å². The summed E-state index contributed by atoms with van der Waals surface area (Å²) in [6.45, 7) is 1.76. The predicted octanol–water partition coefficient (Wildman–Crippen LogP) is 1.73. The maximum atomic E-state index is 12.5. The predicted molar refractivity (Wildman–Crippen MR) is 90.5 cm³/mol. The number of nitrogens with one attached hydrogen (secondary N) is 2. The summed E-state index contributed by atoms with van der Waals surface area (Å²) in [5.74, 6) is 0.355. The Bertz CT molecular complexity index is 836. The molecule has 3 rings (SSSR count). The van der Waals surface area contributed by atoms with Gasteiger partial charge in [0.1, 0.15) is 6.33 Å². The monoisotopic (exact) mass is 346 g/mol. The van der Waals surface area contributed by atoms with Crippen molar-refractivity contribution in [2.75, 3.05) is 10.6 Å². The summed E-state index contributed by atoms with van der Waals surface area (Å²) >= 11 is 0. The number of rotatable bonds is 4. The molecule has 2 N–H and O–H groups in total. The minimum Gasteiger partial charge on any atom is -0.336 e. The van der Waals surface area contributed by atoms with Crippen molar-refractivity contribution in [1.82, 2.24) is 29.7 Å². The van der Waals surface area contributed by atoms with Gasteiger partial charge in [0.15, 0.2) is 17.3 Å². The third-order valence-electron chi connectivity index (χ3n) is 2.89. The molecule has 124 valence electrons. The number of hydrogen-bond donors (Lipinski definition) is 2. The van der Waals surface area contributed by atoms with Gasteiger partial charge < -0.3 is 10.6 Å².